The standard InChI is InChI=1S/C16H24N6O2S/c1-12-9-15(20-19-12)16-14(17-6-7-18-16)10-13-5-4-8-22(11-13)25(23,24)21(2)3/h6-7,9,13H,4-5,8,10-11H2,1-3H3,(H,19,20)/t13-/m1/s1. The highest BCUT2D eigenvalue weighted by Crippen LogP contribution is 2.26. The number of piperidine rings is 1. The quantitative estimate of drug-likeness (QED) is 0.861. The van der Waals surface area contributed by atoms with Crippen LogP contribution in [0.15, 0.2) is 18.5 Å². The van der Waals surface area contributed by atoms with E-state index in [1.165, 1.54) is 4.31 Å². The molecule has 8 nitrogen and oxygen atoms in total. The molecule has 2 aromatic heterocycles. The van der Waals surface area contributed by atoms with Gasteiger partial charge in [-0.15, -0.1) is 0 Å². The van der Waals surface area contributed by atoms with Crippen LogP contribution in [-0.4, -0.2) is 64.4 Å². The lowest BCUT2D eigenvalue weighted by Gasteiger charge is -2.33. The number of rotatable bonds is 5. The van der Waals surface area contributed by atoms with Crippen LogP contribution in [0.4, 0.5) is 0 Å². The number of hydrogen-bond acceptors (Lipinski definition) is 5. The Hall–Kier alpha value is -1.84. The Morgan fingerprint density at radius 1 is 1.32 bits per heavy atom. The molecule has 0 aliphatic carbocycles. The smallest absolute Gasteiger partial charge is 0.281 e. The highest BCUT2D eigenvalue weighted by molar-refractivity contribution is 7.86. The number of nitrogens with one attached hydrogen (secondary N) is 1. The number of nitrogens with zero attached hydrogens (tertiary/aromatic N) is 5. The molecular weight excluding hydrogens is 340 g/mol. The average Bonchev–Trinajstić information content (AvgIpc) is 3.02. The van der Waals surface area contributed by atoms with Gasteiger partial charge >= 0.3 is 0 Å². The molecule has 1 aliphatic rings. The molecule has 9 heteroatoms. The molecule has 0 radical (unpaired) electrons. The summed E-state index contributed by atoms with van der Waals surface area (Å²) in [6.45, 7) is 3.02. The molecule has 3 rings (SSSR count). The Balaban J connectivity index is 1.79. The highest BCUT2D eigenvalue weighted by Gasteiger charge is 2.31. The largest absolute Gasteiger partial charge is 0.282 e. The van der Waals surface area contributed by atoms with Crippen LogP contribution in [-0.2, 0) is 16.6 Å². The second-order valence-electron chi connectivity index (χ2n) is 6.65. The van der Waals surface area contributed by atoms with Crippen molar-refractivity contribution in [2.75, 3.05) is 27.2 Å². The third-order valence-corrected chi connectivity index (χ3v) is 6.38. The molecule has 2 aromatic rings. The Morgan fingerprint density at radius 2 is 2.08 bits per heavy atom. The first-order chi connectivity index (χ1) is 11.9. The normalized spacial score (nSPS) is 19.4. The van der Waals surface area contributed by atoms with E-state index < -0.39 is 10.2 Å². The monoisotopic (exact) mass is 364 g/mol. The van der Waals surface area contributed by atoms with Crippen molar-refractivity contribution in [1.82, 2.24) is 28.8 Å². The van der Waals surface area contributed by atoms with Crippen molar-refractivity contribution in [2.45, 2.75) is 26.2 Å². The summed E-state index contributed by atoms with van der Waals surface area (Å²) in [6.07, 6.45) is 5.86. The molecule has 1 saturated heterocycles. The summed E-state index contributed by atoms with van der Waals surface area (Å²) in [5.74, 6) is 0.221. The first-order valence-electron chi connectivity index (χ1n) is 8.38. The minimum Gasteiger partial charge on any atom is -0.282 e. The van der Waals surface area contributed by atoms with Gasteiger partial charge in [-0.05, 0) is 38.2 Å². The van der Waals surface area contributed by atoms with E-state index in [2.05, 4.69) is 20.2 Å². The van der Waals surface area contributed by atoms with E-state index in [9.17, 15) is 8.42 Å². The SMILES string of the molecule is Cc1cc(-c2nccnc2C[C@H]2CCCN(S(=O)(=O)N(C)C)C2)n[nH]1. The molecule has 0 saturated carbocycles. The summed E-state index contributed by atoms with van der Waals surface area (Å²) < 4.78 is 27.6. The van der Waals surface area contributed by atoms with Crippen molar-refractivity contribution in [1.29, 1.82) is 0 Å². The zero-order chi connectivity index (χ0) is 18.0. The maximum absolute atomic E-state index is 12.4. The summed E-state index contributed by atoms with van der Waals surface area (Å²) in [5, 5.41) is 7.20. The summed E-state index contributed by atoms with van der Waals surface area (Å²) in [4.78, 5) is 8.92. The van der Waals surface area contributed by atoms with E-state index in [1.54, 1.807) is 30.8 Å². The van der Waals surface area contributed by atoms with Crippen molar-refractivity contribution in [3.8, 4) is 11.4 Å². The first-order valence-corrected chi connectivity index (χ1v) is 9.77. The second-order valence-corrected chi connectivity index (χ2v) is 8.79. The Labute approximate surface area is 148 Å². The molecule has 1 fully saturated rings. The fraction of sp³-hybridized carbons (Fsp3) is 0.562. The van der Waals surface area contributed by atoms with Crippen LogP contribution in [0.5, 0.6) is 0 Å². The molecule has 3 heterocycles. The summed E-state index contributed by atoms with van der Waals surface area (Å²) in [5.41, 5.74) is 3.37. The van der Waals surface area contributed by atoms with Crippen molar-refractivity contribution in [3.63, 3.8) is 0 Å². The van der Waals surface area contributed by atoms with Crippen LogP contribution in [0.1, 0.15) is 24.2 Å². The topological polar surface area (TPSA) is 95.1 Å². The van der Waals surface area contributed by atoms with E-state index in [4.69, 9.17) is 0 Å². The van der Waals surface area contributed by atoms with Crippen molar-refractivity contribution in [3.05, 3.63) is 29.8 Å². The second kappa shape index (κ2) is 7.19. The van der Waals surface area contributed by atoms with Gasteiger partial charge in [-0.25, -0.2) is 0 Å². The van der Waals surface area contributed by atoms with Crippen LogP contribution in [0.3, 0.4) is 0 Å². The Kier molecular flexibility index (Phi) is 5.16. The van der Waals surface area contributed by atoms with Crippen LogP contribution in [0.2, 0.25) is 0 Å². The first kappa shape index (κ1) is 18.0. The van der Waals surface area contributed by atoms with Gasteiger partial charge in [0.1, 0.15) is 11.4 Å². The molecule has 0 spiro atoms. The Morgan fingerprint density at radius 3 is 2.76 bits per heavy atom. The van der Waals surface area contributed by atoms with Gasteiger partial charge < -0.3 is 0 Å². The summed E-state index contributed by atoms with van der Waals surface area (Å²) in [7, 11) is -0.233. The Bertz CT molecular complexity index is 833. The number of H-pyrrole nitrogens is 1. The van der Waals surface area contributed by atoms with Gasteiger partial charge in [0.2, 0.25) is 0 Å². The molecule has 136 valence electrons. The van der Waals surface area contributed by atoms with Crippen molar-refractivity contribution < 1.29 is 8.42 Å². The van der Waals surface area contributed by atoms with E-state index in [0.29, 0.717) is 19.5 Å². The molecule has 1 aliphatic heterocycles. The maximum Gasteiger partial charge on any atom is 0.281 e. The van der Waals surface area contributed by atoms with Gasteiger partial charge in [0.15, 0.2) is 0 Å². The molecule has 0 unspecified atom stereocenters. The predicted octanol–water partition coefficient (Wildman–Crippen LogP) is 1.24. The lowest BCUT2D eigenvalue weighted by Crippen LogP contribution is -2.45. The third kappa shape index (κ3) is 3.88. The number of aromatic nitrogens is 4. The summed E-state index contributed by atoms with van der Waals surface area (Å²) >= 11 is 0. The average molecular weight is 364 g/mol. The zero-order valence-electron chi connectivity index (χ0n) is 14.8. The van der Waals surface area contributed by atoms with Gasteiger partial charge in [-0.1, -0.05) is 0 Å². The molecule has 1 N–H and O–H groups in total. The van der Waals surface area contributed by atoms with E-state index in [-0.39, 0.29) is 5.92 Å². The highest BCUT2D eigenvalue weighted by atomic mass is 32.2. The van der Waals surface area contributed by atoms with Crippen molar-refractivity contribution in [2.24, 2.45) is 5.92 Å². The molecule has 0 amide bonds. The van der Waals surface area contributed by atoms with E-state index in [1.807, 2.05) is 13.0 Å². The lowest BCUT2D eigenvalue weighted by molar-refractivity contribution is 0.253. The van der Waals surface area contributed by atoms with Crippen LogP contribution < -0.4 is 0 Å². The van der Waals surface area contributed by atoms with Crippen molar-refractivity contribution >= 4 is 10.2 Å². The molecule has 0 bridgehead atoms. The number of hydrogen-bond donors (Lipinski definition) is 1. The van der Waals surface area contributed by atoms with Gasteiger partial charge in [-0.2, -0.15) is 22.1 Å². The van der Waals surface area contributed by atoms with Crippen LogP contribution in [0, 0.1) is 12.8 Å². The zero-order valence-corrected chi connectivity index (χ0v) is 15.6. The van der Waals surface area contributed by atoms with Gasteiger partial charge in [0.25, 0.3) is 10.2 Å². The molecule has 0 aromatic carbocycles. The van der Waals surface area contributed by atoms with Crippen LogP contribution in [0.25, 0.3) is 11.4 Å². The third-order valence-electron chi connectivity index (χ3n) is 4.47. The van der Waals surface area contributed by atoms with Gasteiger partial charge in [0.05, 0.1) is 5.69 Å². The van der Waals surface area contributed by atoms with Gasteiger partial charge in [-0.3, -0.25) is 15.1 Å². The molecule has 1 atom stereocenters. The molecular formula is C16H24N6O2S. The van der Waals surface area contributed by atoms with E-state index in [0.717, 1.165) is 35.6 Å². The predicted molar refractivity (Wildman–Crippen MR) is 95.0 cm³/mol. The maximum atomic E-state index is 12.4. The minimum absolute atomic E-state index is 0.221. The number of aromatic amines is 1. The summed E-state index contributed by atoms with van der Waals surface area (Å²) in [6, 6.07) is 1.94. The fourth-order valence-electron chi connectivity index (χ4n) is 3.18. The van der Waals surface area contributed by atoms with Crippen LogP contribution >= 0.6 is 0 Å². The lowest BCUT2D eigenvalue weighted by atomic mass is 9.93. The number of aryl methyl sites for hydroxylation is 1. The fourth-order valence-corrected chi connectivity index (χ4v) is 4.40. The minimum atomic E-state index is -3.37. The van der Waals surface area contributed by atoms with Gasteiger partial charge in [0, 0.05) is 45.3 Å². The molecule has 25 heavy (non-hydrogen) atoms. The van der Waals surface area contributed by atoms with E-state index >= 15 is 0 Å².